The van der Waals surface area contributed by atoms with Gasteiger partial charge in [0.2, 0.25) is 0 Å². The molecule has 1 atom stereocenters. The molecule has 10 heteroatoms. The standard InChI is InChI=1S/C14H29O.C4H6O7S.Na/c1-3-5-6-7-8-9-10-11-12-13-14-15-4-2;5-3(6)1-2(4(7)8)12(9,10)11;/h2-14H2,1H3;2H,1H2,(H,5,6)(H,7,8)(H,9,10,11);/q-1;;+1. The van der Waals surface area contributed by atoms with E-state index in [1.807, 2.05) is 0 Å². The average molecular weight is 435 g/mol. The van der Waals surface area contributed by atoms with Gasteiger partial charge in [-0.15, -0.1) is 0 Å². The minimum Gasteiger partial charge on any atom is -0.481 e. The second-order valence-electron chi connectivity index (χ2n) is 6.23. The van der Waals surface area contributed by atoms with E-state index in [4.69, 9.17) is 19.5 Å². The van der Waals surface area contributed by atoms with Crippen LogP contribution in [0.2, 0.25) is 0 Å². The summed E-state index contributed by atoms with van der Waals surface area (Å²) < 4.78 is 33.9. The summed E-state index contributed by atoms with van der Waals surface area (Å²) in [5.41, 5.74) is 0. The molecule has 0 amide bonds. The summed E-state index contributed by atoms with van der Waals surface area (Å²) in [5, 5.41) is 13.9. The fraction of sp³-hybridized carbons (Fsp3) is 0.833. The summed E-state index contributed by atoms with van der Waals surface area (Å²) in [6, 6.07) is 0. The second-order valence-corrected chi connectivity index (χ2v) is 7.83. The summed E-state index contributed by atoms with van der Waals surface area (Å²) in [7, 11) is -4.84. The molecule has 1 unspecified atom stereocenters. The molecule has 0 saturated carbocycles. The van der Waals surface area contributed by atoms with Crippen molar-refractivity contribution in [3.8, 4) is 0 Å². The van der Waals surface area contributed by atoms with Crippen molar-refractivity contribution in [3.05, 3.63) is 6.92 Å². The van der Waals surface area contributed by atoms with Crippen molar-refractivity contribution < 1.29 is 67.1 Å². The summed E-state index contributed by atoms with van der Waals surface area (Å²) in [6.45, 7) is 7.44. The number of carboxylic acids is 2. The Morgan fingerprint density at radius 2 is 1.36 bits per heavy atom. The fourth-order valence-corrected chi connectivity index (χ4v) is 2.88. The van der Waals surface area contributed by atoms with Gasteiger partial charge in [-0.25, -0.2) is 0 Å². The molecule has 0 aliphatic carbocycles. The quantitative estimate of drug-likeness (QED) is 0.139. The molecule has 0 aliphatic heterocycles. The van der Waals surface area contributed by atoms with Gasteiger partial charge < -0.3 is 21.9 Å². The molecule has 3 N–H and O–H groups in total. The molecule has 0 spiro atoms. The van der Waals surface area contributed by atoms with Crippen molar-refractivity contribution in [2.75, 3.05) is 13.2 Å². The third-order valence-corrected chi connectivity index (χ3v) is 4.87. The number of carbonyl (C=O) groups is 2. The number of unbranched alkanes of at least 4 members (excludes halogenated alkanes) is 9. The molecule has 0 aromatic carbocycles. The number of carboxylic acid groups (broad SMARTS) is 2. The molecular formula is C18H35NaO8S. The van der Waals surface area contributed by atoms with Crippen molar-refractivity contribution in [2.45, 2.75) is 82.8 Å². The Labute approximate surface area is 191 Å². The molecule has 8 nitrogen and oxygen atoms in total. The van der Waals surface area contributed by atoms with Crippen LogP contribution in [0.1, 0.15) is 77.6 Å². The van der Waals surface area contributed by atoms with E-state index in [0.29, 0.717) is 6.61 Å². The van der Waals surface area contributed by atoms with Crippen LogP contribution in [-0.2, 0) is 24.4 Å². The van der Waals surface area contributed by atoms with Gasteiger partial charge in [0.05, 0.1) is 6.42 Å². The molecule has 0 saturated heterocycles. The van der Waals surface area contributed by atoms with E-state index in [1.165, 1.54) is 64.2 Å². The van der Waals surface area contributed by atoms with Crippen LogP contribution in [0, 0.1) is 6.92 Å². The first-order chi connectivity index (χ1) is 12.7. The normalized spacial score (nSPS) is 11.7. The molecule has 0 aliphatic rings. The number of rotatable bonds is 16. The molecule has 0 radical (unpaired) electrons. The first-order valence-electron chi connectivity index (χ1n) is 9.44. The van der Waals surface area contributed by atoms with Gasteiger partial charge in [0.1, 0.15) is 0 Å². The smallest absolute Gasteiger partial charge is 0.481 e. The van der Waals surface area contributed by atoms with Crippen LogP contribution in [0.5, 0.6) is 0 Å². The van der Waals surface area contributed by atoms with E-state index in [0.717, 1.165) is 6.61 Å². The van der Waals surface area contributed by atoms with E-state index in [1.54, 1.807) is 0 Å². The maximum atomic E-state index is 10.2. The fourth-order valence-electron chi connectivity index (χ4n) is 2.27. The Kier molecular flexibility index (Phi) is 25.0. The average Bonchev–Trinajstić information content (AvgIpc) is 2.57. The summed E-state index contributed by atoms with van der Waals surface area (Å²) in [5.74, 6) is -3.50. The minimum atomic E-state index is -4.84. The Hall–Kier alpha value is -0.190. The van der Waals surface area contributed by atoms with Crippen LogP contribution in [-0.4, -0.2) is 53.6 Å². The van der Waals surface area contributed by atoms with E-state index in [2.05, 4.69) is 13.8 Å². The molecular weight excluding hydrogens is 399 g/mol. The zero-order valence-corrected chi connectivity index (χ0v) is 20.1. The Morgan fingerprint density at radius 3 is 1.64 bits per heavy atom. The van der Waals surface area contributed by atoms with Crippen LogP contribution in [0.4, 0.5) is 0 Å². The van der Waals surface area contributed by atoms with Crippen molar-refractivity contribution in [2.24, 2.45) is 0 Å². The predicted molar refractivity (Wildman–Crippen MR) is 103 cm³/mol. The van der Waals surface area contributed by atoms with Crippen LogP contribution in [0.15, 0.2) is 0 Å². The Bertz CT molecular complexity index is 470. The van der Waals surface area contributed by atoms with Gasteiger partial charge in [0.25, 0.3) is 10.1 Å². The molecule has 0 rings (SSSR count). The third kappa shape index (κ3) is 23.8. The van der Waals surface area contributed by atoms with E-state index < -0.39 is 33.7 Å². The third-order valence-electron chi connectivity index (χ3n) is 3.78. The van der Waals surface area contributed by atoms with Gasteiger partial charge in [0.15, 0.2) is 5.25 Å². The van der Waals surface area contributed by atoms with Crippen molar-refractivity contribution in [3.63, 3.8) is 0 Å². The van der Waals surface area contributed by atoms with E-state index in [-0.39, 0.29) is 29.6 Å². The second kappa shape index (κ2) is 21.5. The van der Waals surface area contributed by atoms with Crippen molar-refractivity contribution in [1.82, 2.24) is 0 Å². The monoisotopic (exact) mass is 434 g/mol. The summed E-state index contributed by atoms with van der Waals surface area (Å²) in [4.78, 5) is 20.0. The van der Waals surface area contributed by atoms with Crippen molar-refractivity contribution in [1.29, 1.82) is 0 Å². The first-order valence-corrected chi connectivity index (χ1v) is 10.9. The van der Waals surface area contributed by atoms with Gasteiger partial charge in [-0.2, -0.15) is 8.42 Å². The number of aliphatic carboxylic acids is 2. The molecule has 0 fully saturated rings. The Morgan fingerprint density at radius 1 is 0.929 bits per heavy atom. The zero-order valence-electron chi connectivity index (χ0n) is 17.3. The SMILES string of the molecule is O=C(O)CC(C(=O)O)S(=O)(=O)O.[CH2-]COCCCCCCCCCCCC.[Na+]. The molecule has 0 aromatic heterocycles. The van der Waals surface area contributed by atoms with Gasteiger partial charge in [-0.3, -0.25) is 14.1 Å². The molecule has 28 heavy (non-hydrogen) atoms. The molecule has 0 heterocycles. The summed E-state index contributed by atoms with van der Waals surface area (Å²) in [6.07, 6.45) is 12.7. The van der Waals surface area contributed by atoms with Crippen LogP contribution < -0.4 is 29.6 Å². The molecule has 0 bridgehead atoms. The first kappa shape index (κ1) is 32.5. The number of ether oxygens (including phenoxy) is 1. The van der Waals surface area contributed by atoms with Gasteiger partial charge in [-0.1, -0.05) is 71.3 Å². The largest absolute Gasteiger partial charge is 1.00 e. The predicted octanol–water partition coefficient (Wildman–Crippen LogP) is 0.564. The maximum absolute atomic E-state index is 10.2. The topological polar surface area (TPSA) is 138 Å². The van der Waals surface area contributed by atoms with E-state index in [9.17, 15) is 18.0 Å². The van der Waals surface area contributed by atoms with Crippen LogP contribution in [0.25, 0.3) is 0 Å². The van der Waals surface area contributed by atoms with E-state index >= 15 is 0 Å². The van der Waals surface area contributed by atoms with Crippen LogP contribution in [0.3, 0.4) is 0 Å². The van der Waals surface area contributed by atoms with Crippen molar-refractivity contribution >= 4 is 22.1 Å². The summed E-state index contributed by atoms with van der Waals surface area (Å²) >= 11 is 0. The zero-order chi connectivity index (χ0) is 21.1. The molecule has 0 aromatic rings. The minimum absolute atomic E-state index is 0. The molecule has 162 valence electrons. The maximum Gasteiger partial charge on any atom is 1.00 e. The van der Waals surface area contributed by atoms with Crippen LogP contribution >= 0.6 is 0 Å². The van der Waals surface area contributed by atoms with Gasteiger partial charge >= 0.3 is 41.5 Å². The van der Waals surface area contributed by atoms with Gasteiger partial charge in [0, 0.05) is 6.61 Å². The number of hydrogen-bond acceptors (Lipinski definition) is 5. The number of hydrogen-bond donors (Lipinski definition) is 3. The van der Waals surface area contributed by atoms with Gasteiger partial charge in [-0.05, 0) is 6.42 Å². The Balaban J connectivity index is -0.000000441.